The van der Waals surface area contributed by atoms with Gasteiger partial charge in [0.2, 0.25) is 10.0 Å². The SMILES string of the molecule is CCCCN(C(=O)NC(=O)Nc1ccc(Cl)cc1)S(C)(=O)=O. The highest BCUT2D eigenvalue weighted by Crippen LogP contribution is 2.13. The number of hydrogen-bond donors (Lipinski definition) is 2. The summed E-state index contributed by atoms with van der Waals surface area (Å²) in [4.78, 5) is 23.6. The van der Waals surface area contributed by atoms with Crippen molar-refractivity contribution in [1.29, 1.82) is 0 Å². The molecule has 0 atom stereocenters. The lowest BCUT2D eigenvalue weighted by Gasteiger charge is -2.20. The molecule has 0 bridgehead atoms. The summed E-state index contributed by atoms with van der Waals surface area (Å²) in [5.74, 6) is 0. The topological polar surface area (TPSA) is 95.6 Å². The molecule has 7 nitrogen and oxygen atoms in total. The average molecular weight is 348 g/mol. The van der Waals surface area contributed by atoms with E-state index in [1.165, 1.54) is 0 Å². The minimum absolute atomic E-state index is 0.0232. The van der Waals surface area contributed by atoms with Crippen molar-refractivity contribution in [1.82, 2.24) is 9.62 Å². The molecular formula is C13H18ClN3O4S. The van der Waals surface area contributed by atoms with Gasteiger partial charge in [-0.2, -0.15) is 0 Å². The summed E-state index contributed by atoms with van der Waals surface area (Å²) < 4.78 is 23.8. The number of imide groups is 1. The number of hydrogen-bond acceptors (Lipinski definition) is 4. The fraction of sp³-hybridized carbons (Fsp3) is 0.385. The molecule has 0 heterocycles. The molecule has 0 aromatic heterocycles. The highest BCUT2D eigenvalue weighted by atomic mass is 35.5. The van der Waals surface area contributed by atoms with Gasteiger partial charge in [0.05, 0.1) is 6.26 Å². The van der Waals surface area contributed by atoms with Gasteiger partial charge < -0.3 is 5.32 Å². The van der Waals surface area contributed by atoms with E-state index in [1.54, 1.807) is 24.3 Å². The Kier molecular flexibility index (Phi) is 6.63. The number of nitrogens with zero attached hydrogens (tertiary/aromatic N) is 1. The Morgan fingerprint density at radius 2 is 1.82 bits per heavy atom. The molecule has 0 saturated carbocycles. The number of unbranched alkanes of at least 4 members (excludes halogenated alkanes) is 1. The molecule has 0 fully saturated rings. The largest absolute Gasteiger partial charge is 0.339 e. The quantitative estimate of drug-likeness (QED) is 0.855. The second-order valence-corrected chi connectivity index (χ2v) is 6.92. The third-order valence-corrected chi connectivity index (χ3v) is 4.07. The first kappa shape index (κ1) is 18.2. The summed E-state index contributed by atoms with van der Waals surface area (Å²) in [7, 11) is -3.74. The molecule has 1 aromatic carbocycles. The number of anilines is 1. The van der Waals surface area contributed by atoms with Gasteiger partial charge in [-0.3, -0.25) is 5.32 Å². The summed E-state index contributed by atoms with van der Waals surface area (Å²) in [6, 6.07) is 4.45. The minimum atomic E-state index is -3.74. The van der Waals surface area contributed by atoms with Gasteiger partial charge in [0, 0.05) is 17.3 Å². The van der Waals surface area contributed by atoms with E-state index in [0.29, 0.717) is 21.4 Å². The molecule has 0 unspecified atom stereocenters. The summed E-state index contributed by atoms with van der Waals surface area (Å²) in [5, 5.41) is 4.90. The Bertz CT molecular complexity index is 631. The van der Waals surface area contributed by atoms with Gasteiger partial charge in [0.1, 0.15) is 0 Å². The monoisotopic (exact) mass is 347 g/mol. The van der Waals surface area contributed by atoms with E-state index >= 15 is 0 Å². The number of carbonyl (C=O) groups is 2. The van der Waals surface area contributed by atoms with Gasteiger partial charge in [-0.1, -0.05) is 24.9 Å². The van der Waals surface area contributed by atoms with Crippen LogP contribution in [0.15, 0.2) is 24.3 Å². The van der Waals surface area contributed by atoms with Crippen LogP contribution in [0.25, 0.3) is 0 Å². The number of amides is 4. The van der Waals surface area contributed by atoms with Crippen molar-refractivity contribution < 1.29 is 18.0 Å². The van der Waals surface area contributed by atoms with E-state index < -0.39 is 22.1 Å². The van der Waals surface area contributed by atoms with Crippen LogP contribution in [0.2, 0.25) is 5.02 Å². The Balaban J connectivity index is 2.68. The van der Waals surface area contributed by atoms with E-state index in [1.807, 2.05) is 12.2 Å². The molecule has 0 saturated heterocycles. The highest BCUT2D eigenvalue weighted by Gasteiger charge is 2.24. The van der Waals surface area contributed by atoms with E-state index in [9.17, 15) is 18.0 Å². The van der Waals surface area contributed by atoms with Gasteiger partial charge in [-0.25, -0.2) is 22.3 Å². The van der Waals surface area contributed by atoms with Crippen molar-refractivity contribution in [3.8, 4) is 0 Å². The normalized spacial score (nSPS) is 10.9. The van der Waals surface area contributed by atoms with Crippen molar-refractivity contribution >= 4 is 39.4 Å². The van der Waals surface area contributed by atoms with E-state index in [4.69, 9.17) is 11.6 Å². The molecule has 0 spiro atoms. The number of urea groups is 2. The number of carbonyl (C=O) groups excluding carboxylic acids is 2. The lowest BCUT2D eigenvalue weighted by Crippen LogP contribution is -2.47. The van der Waals surface area contributed by atoms with Crippen LogP contribution >= 0.6 is 11.6 Å². The van der Waals surface area contributed by atoms with Crippen molar-refractivity contribution in [2.24, 2.45) is 0 Å². The zero-order valence-corrected chi connectivity index (χ0v) is 13.9. The first-order valence-corrected chi connectivity index (χ1v) is 8.82. The molecule has 1 aromatic rings. The van der Waals surface area contributed by atoms with Crippen LogP contribution in [0, 0.1) is 0 Å². The smallest absolute Gasteiger partial charge is 0.308 e. The Morgan fingerprint density at radius 1 is 1.23 bits per heavy atom. The number of nitrogens with one attached hydrogen (secondary N) is 2. The van der Waals surface area contributed by atoms with Crippen LogP contribution in [-0.4, -0.2) is 37.6 Å². The minimum Gasteiger partial charge on any atom is -0.308 e. The fourth-order valence-electron chi connectivity index (χ4n) is 1.57. The molecule has 4 amide bonds. The lowest BCUT2D eigenvalue weighted by molar-refractivity contribution is 0.219. The number of sulfonamides is 1. The molecule has 122 valence electrons. The van der Waals surface area contributed by atoms with Gasteiger partial charge >= 0.3 is 12.1 Å². The van der Waals surface area contributed by atoms with Crippen LogP contribution in [-0.2, 0) is 10.0 Å². The predicted molar refractivity (Wildman–Crippen MR) is 85.5 cm³/mol. The third-order valence-electron chi connectivity index (χ3n) is 2.66. The Morgan fingerprint density at radius 3 is 2.32 bits per heavy atom. The van der Waals surface area contributed by atoms with Crippen LogP contribution in [0.1, 0.15) is 19.8 Å². The Labute approximate surface area is 134 Å². The first-order valence-electron chi connectivity index (χ1n) is 6.59. The summed E-state index contributed by atoms with van der Waals surface area (Å²) in [6.07, 6.45) is 2.15. The number of halogens is 1. The number of rotatable bonds is 5. The van der Waals surface area contributed by atoms with Gasteiger partial charge in [-0.05, 0) is 30.7 Å². The highest BCUT2D eigenvalue weighted by molar-refractivity contribution is 7.88. The third kappa shape index (κ3) is 5.90. The fourth-order valence-corrected chi connectivity index (χ4v) is 2.51. The summed E-state index contributed by atoms with van der Waals surface area (Å²) >= 11 is 5.72. The number of benzene rings is 1. The molecule has 0 aliphatic carbocycles. The maximum atomic E-state index is 11.9. The average Bonchev–Trinajstić information content (AvgIpc) is 2.40. The van der Waals surface area contributed by atoms with Crippen LogP contribution in [0.5, 0.6) is 0 Å². The maximum absolute atomic E-state index is 11.9. The second-order valence-electron chi connectivity index (χ2n) is 4.58. The van der Waals surface area contributed by atoms with Crippen molar-refractivity contribution in [2.75, 3.05) is 18.1 Å². The predicted octanol–water partition coefficient (Wildman–Crippen LogP) is 2.64. The second kappa shape index (κ2) is 8.00. The molecular weight excluding hydrogens is 330 g/mol. The van der Waals surface area contributed by atoms with Gasteiger partial charge in [0.25, 0.3) is 0 Å². The molecule has 2 N–H and O–H groups in total. The van der Waals surface area contributed by atoms with Crippen molar-refractivity contribution in [3.63, 3.8) is 0 Å². The molecule has 1 rings (SSSR count). The van der Waals surface area contributed by atoms with Crippen LogP contribution < -0.4 is 10.6 Å². The summed E-state index contributed by atoms with van der Waals surface area (Å²) in [5.41, 5.74) is 0.425. The zero-order valence-electron chi connectivity index (χ0n) is 12.3. The molecule has 0 radical (unpaired) electrons. The molecule has 0 aliphatic rings. The Hall–Kier alpha value is -1.80. The molecule has 9 heteroatoms. The maximum Gasteiger partial charge on any atom is 0.339 e. The van der Waals surface area contributed by atoms with Crippen molar-refractivity contribution in [3.05, 3.63) is 29.3 Å². The van der Waals surface area contributed by atoms with E-state index in [-0.39, 0.29) is 6.54 Å². The molecule has 22 heavy (non-hydrogen) atoms. The zero-order chi connectivity index (χ0) is 16.8. The van der Waals surface area contributed by atoms with Gasteiger partial charge in [0.15, 0.2) is 0 Å². The van der Waals surface area contributed by atoms with E-state index in [0.717, 1.165) is 12.7 Å². The van der Waals surface area contributed by atoms with E-state index in [2.05, 4.69) is 5.32 Å². The first-order chi connectivity index (χ1) is 10.2. The van der Waals surface area contributed by atoms with Crippen molar-refractivity contribution in [2.45, 2.75) is 19.8 Å². The standard InChI is InChI=1S/C13H18ClN3O4S/c1-3-4-9-17(22(2,20)21)13(19)16-12(18)15-11-7-5-10(14)6-8-11/h5-8H,3-4,9H2,1-2H3,(H2,15,16,18,19). The van der Waals surface area contributed by atoms with Crippen LogP contribution in [0.4, 0.5) is 15.3 Å². The van der Waals surface area contributed by atoms with Crippen LogP contribution in [0.3, 0.4) is 0 Å². The molecule has 0 aliphatic heterocycles. The van der Waals surface area contributed by atoms with Gasteiger partial charge in [-0.15, -0.1) is 0 Å². The lowest BCUT2D eigenvalue weighted by atomic mass is 10.3. The summed E-state index contributed by atoms with van der Waals surface area (Å²) in [6.45, 7) is 1.89.